The Morgan fingerprint density at radius 3 is 2.03 bits per heavy atom. The minimum absolute atomic E-state index is 0.00569. The summed E-state index contributed by atoms with van der Waals surface area (Å²) < 4.78 is 62.0. The van der Waals surface area contributed by atoms with Crippen molar-refractivity contribution in [3.63, 3.8) is 0 Å². The number of carboxylic acid groups (broad SMARTS) is 1. The van der Waals surface area contributed by atoms with Crippen LogP contribution in [0.3, 0.4) is 0 Å². The van der Waals surface area contributed by atoms with Crippen molar-refractivity contribution >= 4 is 49.4 Å². The summed E-state index contributed by atoms with van der Waals surface area (Å²) >= 11 is 0. The largest absolute Gasteiger partial charge is 0.481 e. The first-order valence-electron chi connectivity index (χ1n) is 12.4. The fourth-order valence-corrected chi connectivity index (χ4v) is 5.35. The number of rotatable bonds is 15. The lowest BCUT2D eigenvalue weighted by molar-refractivity contribution is -0.137. The van der Waals surface area contributed by atoms with Crippen molar-refractivity contribution in [3.8, 4) is 0 Å². The molecule has 0 aliphatic carbocycles. The number of amides is 2. The fraction of sp³-hybridized carbons (Fsp3) is 0.583. The molecule has 0 fully saturated rings. The topological polar surface area (TPSA) is 217 Å². The maximum atomic E-state index is 13.1. The number of fused-ring (bicyclic) bond motifs is 1. The number of hydrogen-bond donors (Lipinski definition) is 5. The number of nitrogens with one attached hydrogen (secondary N) is 2. The minimum Gasteiger partial charge on any atom is -0.481 e. The highest BCUT2D eigenvalue weighted by atomic mass is 32.2. The molecule has 218 valence electrons. The lowest BCUT2D eigenvalue weighted by atomic mass is 9.74. The van der Waals surface area contributed by atoms with Crippen molar-refractivity contribution in [2.45, 2.75) is 58.3 Å². The molecule has 1 atom stereocenters. The van der Waals surface area contributed by atoms with Crippen molar-refractivity contribution < 1.29 is 45.4 Å². The van der Waals surface area contributed by atoms with Crippen LogP contribution in [-0.4, -0.2) is 79.1 Å². The Bertz CT molecular complexity index is 1350. The molecule has 2 rings (SSSR count). The van der Waals surface area contributed by atoms with Crippen molar-refractivity contribution in [2.75, 3.05) is 24.6 Å². The second-order valence-corrected chi connectivity index (χ2v) is 13.2. The molecule has 0 saturated carbocycles. The van der Waals surface area contributed by atoms with Crippen LogP contribution in [0.2, 0.25) is 0 Å². The Morgan fingerprint density at radius 2 is 1.49 bits per heavy atom. The van der Waals surface area contributed by atoms with E-state index in [0.717, 1.165) is 25.0 Å². The van der Waals surface area contributed by atoms with Crippen LogP contribution in [0.15, 0.2) is 17.1 Å². The number of carbonyl (C=O) groups is 3. The Morgan fingerprint density at radius 1 is 0.923 bits per heavy atom. The highest BCUT2D eigenvalue weighted by molar-refractivity contribution is 7.86. The standard InChI is InChI=1S/C24H35N3O10S2/c1-15(7-5-4-6-8-19(28)29)21-24(2,3)20-17(23(31)26-10-12-39(35,36)37)13-16(14-18(20)27-21)22(30)25-9-11-38(32,33)34/h13-15H,4-12H2,1-3H3,(H,25,30)(H,26,31)(H,28,29)(H,32,33,34)(H,35,36,37). The molecule has 0 saturated heterocycles. The number of nitrogens with zero attached hydrogens (tertiary/aromatic N) is 1. The maximum Gasteiger partial charge on any atom is 0.303 e. The Labute approximate surface area is 228 Å². The first kappa shape index (κ1) is 32.3. The monoisotopic (exact) mass is 589 g/mol. The van der Waals surface area contributed by atoms with Gasteiger partial charge in [0, 0.05) is 47.3 Å². The zero-order chi connectivity index (χ0) is 29.6. The zero-order valence-electron chi connectivity index (χ0n) is 22.1. The van der Waals surface area contributed by atoms with Gasteiger partial charge >= 0.3 is 5.97 Å². The molecule has 1 heterocycles. The second-order valence-electron chi connectivity index (χ2n) is 10.0. The first-order chi connectivity index (χ1) is 17.9. The number of carboxylic acids is 1. The van der Waals surface area contributed by atoms with Gasteiger partial charge in [0.2, 0.25) is 0 Å². The molecule has 0 aromatic heterocycles. The van der Waals surface area contributed by atoms with E-state index in [1.165, 1.54) is 12.1 Å². The molecule has 0 bridgehead atoms. The Kier molecular flexibility index (Phi) is 10.8. The van der Waals surface area contributed by atoms with Crippen LogP contribution in [0.25, 0.3) is 0 Å². The molecule has 1 aromatic rings. The normalized spacial score (nSPS) is 15.3. The molecule has 39 heavy (non-hydrogen) atoms. The van der Waals surface area contributed by atoms with Gasteiger partial charge < -0.3 is 15.7 Å². The van der Waals surface area contributed by atoms with E-state index in [0.29, 0.717) is 17.7 Å². The molecule has 0 radical (unpaired) electrons. The number of benzene rings is 1. The lowest BCUT2D eigenvalue weighted by Crippen LogP contribution is -2.35. The highest BCUT2D eigenvalue weighted by Gasteiger charge is 2.41. The van der Waals surface area contributed by atoms with Gasteiger partial charge in [0.05, 0.1) is 17.2 Å². The summed E-state index contributed by atoms with van der Waals surface area (Å²) in [5.41, 5.74) is 0.966. The fourth-order valence-electron chi connectivity index (χ4n) is 4.63. The third kappa shape index (κ3) is 9.67. The van der Waals surface area contributed by atoms with Gasteiger partial charge in [-0.1, -0.05) is 33.6 Å². The van der Waals surface area contributed by atoms with Crippen LogP contribution in [0, 0.1) is 5.92 Å². The van der Waals surface area contributed by atoms with Crippen LogP contribution >= 0.6 is 0 Å². The molecular weight excluding hydrogens is 554 g/mol. The van der Waals surface area contributed by atoms with Crippen molar-refractivity contribution in [3.05, 3.63) is 28.8 Å². The van der Waals surface area contributed by atoms with Crippen molar-refractivity contribution in [2.24, 2.45) is 10.9 Å². The van der Waals surface area contributed by atoms with Crippen molar-refractivity contribution in [1.29, 1.82) is 0 Å². The summed E-state index contributed by atoms with van der Waals surface area (Å²) in [6, 6.07) is 2.78. The molecule has 1 aliphatic heterocycles. The van der Waals surface area contributed by atoms with Crippen LogP contribution in [0.5, 0.6) is 0 Å². The van der Waals surface area contributed by atoms with Crippen LogP contribution in [0.4, 0.5) is 5.69 Å². The van der Waals surface area contributed by atoms with E-state index in [1.54, 1.807) is 0 Å². The van der Waals surface area contributed by atoms with Crippen LogP contribution < -0.4 is 10.6 Å². The number of hydrogen-bond acceptors (Lipinski definition) is 8. The SMILES string of the molecule is CC(CCCCCC(=O)O)C1=Nc2cc(C(=O)NCCS(=O)(=O)O)cc(C(=O)NCCS(=O)(=O)O)c2C1(C)C. The molecule has 0 spiro atoms. The van der Waals surface area contributed by atoms with Gasteiger partial charge in [0.25, 0.3) is 32.1 Å². The van der Waals surface area contributed by atoms with Gasteiger partial charge in [-0.15, -0.1) is 0 Å². The molecule has 1 unspecified atom stereocenters. The van der Waals surface area contributed by atoms with E-state index >= 15 is 0 Å². The second kappa shape index (κ2) is 13.0. The van der Waals surface area contributed by atoms with E-state index in [1.807, 2.05) is 20.8 Å². The molecule has 15 heteroatoms. The summed E-state index contributed by atoms with van der Waals surface area (Å²) in [6.45, 7) is 4.97. The smallest absolute Gasteiger partial charge is 0.303 e. The summed E-state index contributed by atoms with van der Waals surface area (Å²) in [6.07, 6.45) is 2.87. The van der Waals surface area contributed by atoms with Gasteiger partial charge in [-0.2, -0.15) is 16.8 Å². The van der Waals surface area contributed by atoms with E-state index in [-0.39, 0.29) is 36.6 Å². The van der Waals surface area contributed by atoms with Gasteiger partial charge in [-0.25, -0.2) is 0 Å². The van der Waals surface area contributed by atoms with E-state index < -0.39 is 54.9 Å². The lowest BCUT2D eigenvalue weighted by Gasteiger charge is -2.28. The van der Waals surface area contributed by atoms with Gasteiger partial charge in [-0.3, -0.25) is 28.5 Å². The van der Waals surface area contributed by atoms with Crippen LogP contribution in [0.1, 0.15) is 79.2 Å². The predicted octanol–water partition coefficient (Wildman–Crippen LogP) is 1.96. The average molecular weight is 590 g/mol. The molecule has 5 N–H and O–H groups in total. The Hall–Kier alpha value is -2.88. The van der Waals surface area contributed by atoms with E-state index in [9.17, 15) is 31.2 Å². The minimum atomic E-state index is -4.32. The van der Waals surface area contributed by atoms with Gasteiger partial charge in [-0.05, 0) is 30.9 Å². The van der Waals surface area contributed by atoms with Crippen LogP contribution in [-0.2, 0) is 30.4 Å². The van der Waals surface area contributed by atoms with E-state index in [2.05, 4.69) is 10.6 Å². The van der Waals surface area contributed by atoms with Crippen molar-refractivity contribution in [1.82, 2.24) is 10.6 Å². The molecule has 2 amide bonds. The number of unbranched alkanes of at least 4 members (excludes halogenated alkanes) is 2. The molecule has 13 nitrogen and oxygen atoms in total. The summed E-state index contributed by atoms with van der Waals surface area (Å²) in [5.74, 6) is -3.69. The third-order valence-electron chi connectivity index (χ3n) is 6.42. The summed E-state index contributed by atoms with van der Waals surface area (Å²) in [4.78, 5) is 41.4. The number of aliphatic carboxylic acids is 1. The van der Waals surface area contributed by atoms with Gasteiger partial charge in [0.1, 0.15) is 0 Å². The molecule has 1 aromatic carbocycles. The average Bonchev–Trinajstić information content (AvgIpc) is 3.06. The number of carbonyl (C=O) groups excluding carboxylic acids is 2. The zero-order valence-corrected chi connectivity index (χ0v) is 23.7. The summed E-state index contributed by atoms with van der Waals surface area (Å²) in [7, 11) is -8.62. The van der Waals surface area contributed by atoms with E-state index in [4.69, 9.17) is 19.2 Å². The number of aliphatic imine (C=N–C) groups is 1. The maximum absolute atomic E-state index is 13.1. The quantitative estimate of drug-likeness (QED) is 0.148. The Balaban J connectivity index is 2.36. The van der Waals surface area contributed by atoms with Gasteiger partial charge in [0.15, 0.2) is 0 Å². The molecule has 1 aliphatic rings. The summed E-state index contributed by atoms with van der Waals surface area (Å²) in [5, 5.41) is 13.6. The highest BCUT2D eigenvalue weighted by Crippen LogP contribution is 2.45. The third-order valence-corrected chi connectivity index (χ3v) is 7.86. The first-order valence-corrected chi connectivity index (χ1v) is 15.6. The predicted molar refractivity (Wildman–Crippen MR) is 144 cm³/mol. The molecular formula is C24H35N3O10S2.